The summed E-state index contributed by atoms with van der Waals surface area (Å²) in [5.41, 5.74) is 0. The summed E-state index contributed by atoms with van der Waals surface area (Å²) in [6.45, 7) is 0. The van der Waals surface area contributed by atoms with Gasteiger partial charge >= 0.3 is 48.1 Å². The molecule has 1 N–H and O–H groups in total. The quantitative estimate of drug-likeness (QED) is 0.383. The van der Waals surface area contributed by atoms with Gasteiger partial charge in [-0.15, -0.1) is 0 Å². The molecule has 7 heavy (non-hydrogen) atoms. The Hall–Kier alpha value is 1.06. The molecule has 0 spiro atoms. The van der Waals surface area contributed by atoms with Crippen LogP contribution in [0.3, 0.4) is 0 Å². The van der Waals surface area contributed by atoms with Gasteiger partial charge < -0.3 is 0 Å². The molecule has 0 radical (unpaired) electrons. The Morgan fingerprint density at radius 2 is 1.71 bits per heavy atom. The van der Waals surface area contributed by atoms with E-state index in [1.165, 1.54) is 0 Å². The number of hydrogen-bond donors (Lipinski definition) is 1. The molecule has 0 saturated carbocycles. The van der Waals surface area contributed by atoms with Gasteiger partial charge in [-0.1, -0.05) is 0 Å². The third-order valence-electron chi connectivity index (χ3n) is 0.0796. The zero-order chi connectivity index (χ0) is 5.21. The van der Waals surface area contributed by atoms with E-state index >= 15 is 0 Å². The summed E-state index contributed by atoms with van der Waals surface area (Å²) in [7, 11) is -4.83. The van der Waals surface area contributed by atoms with Crippen molar-refractivity contribution in [1.29, 1.82) is 0 Å². The van der Waals surface area contributed by atoms with Gasteiger partial charge in [0.15, 0.2) is 0 Å². The van der Waals surface area contributed by atoms with Crippen LogP contribution in [0.15, 0.2) is 0 Å². The maximum atomic E-state index is 10.2. The zero-order valence-electron chi connectivity index (χ0n) is 2.46. The topological polar surface area (TPSA) is 63.6 Å². The van der Waals surface area contributed by atoms with Crippen LogP contribution in [0.1, 0.15) is 0 Å². The number of hydrogen-bond acceptors (Lipinski definition) is 3. The first-order valence-electron chi connectivity index (χ1n) is 0.837. The predicted molar refractivity (Wildman–Crippen MR) is 22.3 cm³/mol. The van der Waals surface area contributed by atoms with Crippen LogP contribution in [0.2, 0.25) is 0 Å². The van der Waals surface area contributed by atoms with Crippen molar-refractivity contribution in [3.63, 3.8) is 0 Å². The average molecular weight is 158 g/mol. The van der Waals surface area contributed by atoms with E-state index in [2.05, 4.69) is 0 Å². The van der Waals surface area contributed by atoms with Gasteiger partial charge in [0.2, 0.25) is 0 Å². The summed E-state index contributed by atoms with van der Waals surface area (Å²) in [5.74, 6) is 0. The van der Waals surface area contributed by atoms with E-state index in [0.717, 1.165) is 0 Å². The molecule has 42 valence electrons. The van der Waals surface area contributed by atoms with Crippen LogP contribution in [0, 0.1) is 0 Å². The molecule has 0 aromatic rings. The van der Waals surface area contributed by atoms with E-state index in [-0.39, 0.29) is 37.7 Å². The molecule has 0 saturated heterocycles. The SMILES string of the molecule is O=S(=O)(O)OF.[CaH2]. The van der Waals surface area contributed by atoms with Gasteiger partial charge in [-0.05, 0) is 8.91 Å². The van der Waals surface area contributed by atoms with Gasteiger partial charge in [-0.25, -0.2) is 0 Å². The van der Waals surface area contributed by atoms with Crippen LogP contribution in [0.4, 0.5) is 4.53 Å². The molecule has 0 rings (SSSR count). The fourth-order valence-electron chi connectivity index (χ4n) is 0. The van der Waals surface area contributed by atoms with Crippen LogP contribution in [0.5, 0.6) is 0 Å². The molecular weight excluding hydrogens is 155 g/mol. The molecule has 0 aliphatic rings. The molecule has 0 aromatic heterocycles. The zero-order valence-corrected chi connectivity index (χ0v) is 3.27. The van der Waals surface area contributed by atoms with Crippen molar-refractivity contribution in [3.05, 3.63) is 0 Å². The fraction of sp³-hybridized carbons (Fsp3) is 0. The molecule has 0 aromatic carbocycles. The van der Waals surface area contributed by atoms with E-state index in [9.17, 15) is 4.53 Å². The summed E-state index contributed by atoms with van der Waals surface area (Å²) < 4.78 is 37.2. The van der Waals surface area contributed by atoms with Crippen LogP contribution >= 0.6 is 0 Å². The molecule has 0 aliphatic heterocycles. The molecule has 0 unspecified atom stereocenters. The summed E-state index contributed by atoms with van der Waals surface area (Å²) in [6.07, 6.45) is 0. The Kier molecular flexibility index (Phi) is 6.24. The van der Waals surface area contributed by atoms with Gasteiger partial charge in [-0.2, -0.15) is 8.42 Å². The number of rotatable bonds is 1. The normalized spacial score (nSPS) is 10.0. The van der Waals surface area contributed by atoms with Gasteiger partial charge in [0.05, 0.1) is 0 Å². The van der Waals surface area contributed by atoms with Crippen molar-refractivity contribution in [3.8, 4) is 0 Å². The molecular formula is H3CaFO4S. The van der Waals surface area contributed by atoms with Gasteiger partial charge in [-0.3, -0.25) is 4.55 Å². The minimum atomic E-state index is -4.83. The second-order valence-electron chi connectivity index (χ2n) is 0.491. The van der Waals surface area contributed by atoms with Crippen LogP contribution < -0.4 is 0 Å². The maximum absolute atomic E-state index is 10.2. The Morgan fingerprint density at radius 1 is 1.57 bits per heavy atom. The van der Waals surface area contributed by atoms with Crippen molar-refractivity contribution in [2.24, 2.45) is 0 Å². The second-order valence-corrected chi connectivity index (χ2v) is 1.47. The van der Waals surface area contributed by atoms with Gasteiger partial charge in [0.25, 0.3) is 0 Å². The molecule has 7 heteroatoms. The first-order chi connectivity index (χ1) is 2.56. The van der Waals surface area contributed by atoms with E-state index < -0.39 is 10.4 Å². The fourth-order valence-corrected chi connectivity index (χ4v) is 0. The van der Waals surface area contributed by atoms with E-state index in [1.807, 2.05) is 4.39 Å². The van der Waals surface area contributed by atoms with Crippen molar-refractivity contribution < 1.29 is 21.9 Å². The molecule has 0 amide bonds. The first kappa shape index (κ1) is 10.9. The van der Waals surface area contributed by atoms with E-state index in [4.69, 9.17) is 13.0 Å². The van der Waals surface area contributed by atoms with Crippen molar-refractivity contribution >= 4 is 48.1 Å². The third kappa shape index (κ3) is 11.0. The van der Waals surface area contributed by atoms with Crippen molar-refractivity contribution in [2.45, 2.75) is 0 Å². The van der Waals surface area contributed by atoms with E-state index in [0.29, 0.717) is 0 Å². The molecule has 0 bridgehead atoms. The Morgan fingerprint density at radius 3 is 1.71 bits per heavy atom. The summed E-state index contributed by atoms with van der Waals surface area (Å²) >= 11 is 0. The Bertz CT molecular complexity index is 114. The Labute approximate surface area is 69.5 Å². The number of halogens is 1. The van der Waals surface area contributed by atoms with Crippen LogP contribution in [-0.4, -0.2) is 50.7 Å². The van der Waals surface area contributed by atoms with Crippen molar-refractivity contribution in [2.75, 3.05) is 0 Å². The van der Waals surface area contributed by atoms with Crippen LogP contribution in [-0.2, 0) is 14.8 Å². The molecule has 0 heterocycles. The summed E-state index contributed by atoms with van der Waals surface area (Å²) in [5, 5.41) is 0. The first-order valence-corrected chi connectivity index (χ1v) is 2.20. The van der Waals surface area contributed by atoms with E-state index in [1.54, 1.807) is 0 Å². The minimum absolute atomic E-state index is 0. The Balaban J connectivity index is 0. The summed E-state index contributed by atoms with van der Waals surface area (Å²) in [6, 6.07) is 0. The molecule has 0 aliphatic carbocycles. The van der Waals surface area contributed by atoms with Crippen LogP contribution in [0.25, 0.3) is 0 Å². The van der Waals surface area contributed by atoms with Gasteiger partial charge in [0, 0.05) is 0 Å². The molecule has 0 atom stereocenters. The average Bonchev–Trinajstić information content (AvgIpc) is 1.35. The molecule has 0 fully saturated rings. The standard InChI is InChI=1S/Ca.FHO4S.2H/c;1-5-6(2,3)4;;/h;(H,2,3,4);;. The third-order valence-corrected chi connectivity index (χ3v) is 0.239. The monoisotopic (exact) mass is 158 g/mol. The second kappa shape index (κ2) is 3.99. The van der Waals surface area contributed by atoms with Crippen molar-refractivity contribution in [1.82, 2.24) is 0 Å². The molecule has 4 nitrogen and oxygen atoms in total. The summed E-state index contributed by atoms with van der Waals surface area (Å²) in [4.78, 5) is 0. The predicted octanol–water partition coefficient (Wildman–Crippen LogP) is -1.23. The van der Waals surface area contributed by atoms with Gasteiger partial charge in [0.1, 0.15) is 0 Å².